The predicted octanol–water partition coefficient (Wildman–Crippen LogP) is 21.2. The number of likely N-dealkylation sites (tertiary alicyclic amines) is 1. The first-order valence-electron chi connectivity index (χ1n) is 40.1. The number of hydrogen-bond acceptors (Lipinski definition) is 17. The number of nitriles is 2. The monoisotopic (exact) mass is 1800 g/mol. The number of aromatic nitrogens is 3. The maximum Gasteiger partial charge on any atom is 0.418 e. The summed E-state index contributed by atoms with van der Waals surface area (Å²) in [4.78, 5) is 73.7. The molecule has 2 saturated heterocycles. The molecule has 4 fully saturated rings. The molecule has 23 nitrogen and oxygen atoms in total. The Balaban J connectivity index is 0.000000236. The van der Waals surface area contributed by atoms with Gasteiger partial charge in [0.15, 0.2) is 0 Å². The summed E-state index contributed by atoms with van der Waals surface area (Å²) < 4.78 is 78.3. The van der Waals surface area contributed by atoms with Crippen LogP contribution >= 0.6 is 34.8 Å². The minimum absolute atomic E-state index is 0. The van der Waals surface area contributed by atoms with E-state index in [2.05, 4.69) is 62.5 Å². The van der Waals surface area contributed by atoms with Crippen LogP contribution in [-0.2, 0) is 54.0 Å². The number of nitrogens with zero attached hydrogens (tertiary/aromatic N) is 6. The largest absolute Gasteiger partial charge is 0.445 e. The fraction of sp³-hybridized carbons (Fsp3) is 0.326. The Morgan fingerprint density at radius 3 is 1.44 bits per heavy atom. The van der Waals surface area contributed by atoms with Crippen LogP contribution in [0.15, 0.2) is 243 Å². The molecule has 14 rings (SSSR count). The van der Waals surface area contributed by atoms with E-state index in [-0.39, 0.29) is 44.8 Å². The second-order valence-corrected chi connectivity index (χ2v) is 36.4. The van der Waals surface area contributed by atoms with Crippen molar-refractivity contribution in [3.05, 3.63) is 304 Å². The molecule has 3 aromatic heterocycles. The number of pyridine rings is 3. The number of carbonyl (C=O) groups is 5. The summed E-state index contributed by atoms with van der Waals surface area (Å²) in [6.07, 6.45) is 15.4. The SMILES string of the molecule is C.C.CC(C)(C)[S@@](=O)NC(CCC1CC1)(c1cccc(C#N)c1)c1ccc(F)c(NC(=O)[C@H]2CCCN2)c1.CC(C)(C)[S@@](=O)NC(CCC1CC1)(c1cccc(C#N)c1)c1ccc(F)c(NC(=O)[C@H]2CCCN2C(=O)OCc2ccccc2)c1.Nc1ccc(Cl)cn1.O=C(Cl)Oc1ccccc1.O=C(Nc1ccc(Cl)cn1)Oc1ccccc1.c1ccncc1. The number of halogens is 5. The third-order valence-electron chi connectivity index (χ3n) is 19.8. The van der Waals surface area contributed by atoms with Crippen molar-refractivity contribution in [1.82, 2.24) is 34.6 Å². The summed E-state index contributed by atoms with van der Waals surface area (Å²) in [7, 11) is -2.99. The zero-order valence-electron chi connectivity index (χ0n) is 69.1. The van der Waals surface area contributed by atoms with Gasteiger partial charge in [0, 0.05) is 42.9 Å². The Labute approximate surface area is 751 Å². The zero-order chi connectivity index (χ0) is 88.5. The molecule has 30 heteroatoms. The van der Waals surface area contributed by atoms with Crippen LogP contribution in [0.1, 0.15) is 172 Å². The number of para-hydroxylation sites is 2. The Bertz CT molecular complexity index is 5220. The molecule has 10 aromatic rings. The highest BCUT2D eigenvalue weighted by Gasteiger charge is 2.44. The average molecular weight is 1800 g/mol. The minimum Gasteiger partial charge on any atom is -0.445 e. The van der Waals surface area contributed by atoms with Crippen molar-refractivity contribution in [3.63, 3.8) is 0 Å². The van der Waals surface area contributed by atoms with Crippen LogP contribution < -0.4 is 45.9 Å². The lowest BCUT2D eigenvalue weighted by molar-refractivity contribution is -0.120. The molecule has 2 unspecified atom stereocenters. The van der Waals surface area contributed by atoms with Crippen LogP contribution in [-0.4, -0.2) is 92.4 Å². The highest BCUT2D eigenvalue weighted by atomic mass is 35.5. The van der Waals surface area contributed by atoms with Crippen LogP contribution in [0.2, 0.25) is 10.0 Å². The van der Waals surface area contributed by atoms with Gasteiger partial charge in [0.05, 0.1) is 93.3 Å². The molecule has 4 aliphatic rings. The molecule has 7 aromatic carbocycles. The summed E-state index contributed by atoms with van der Waals surface area (Å²) in [5.41, 5.74) is 7.15. The molecule has 125 heavy (non-hydrogen) atoms. The third kappa shape index (κ3) is 32.3. The van der Waals surface area contributed by atoms with E-state index < -0.39 is 83.7 Å². The zero-order valence-corrected chi connectivity index (χ0v) is 73.0. The van der Waals surface area contributed by atoms with Gasteiger partial charge in [-0.1, -0.05) is 173 Å². The van der Waals surface area contributed by atoms with Gasteiger partial charge >= 0.3 is 17.6 Å². The van der Waals surface area contributed by atoms with Crippen LogP contribution in [0.4, 0.5) is 46.2 Å². The van der Waals surface area contributed by atoms with Crippen LogP contribution in [0, 0.1) is 46.1 Å². The number of nitrogens with one attached hydrogen (secondary N) is 6. The maximum absolute atomic E-state index is 15.4. The Hall–Kier alpha value is -11.4. The van der Waals surface area contributed by atoms with Gasteiger partial charge in [-0.3, -0.25) is 24.8 Å². The Morgan fingerprint density at radius 1 is 0.552 bits per heavy atom. The van der Waals surface area contributed by atoms with E-state index in [1.807, 2.05) is 126 Å². The van der Waals surface area contributed by atoms with Gasteiger partial charge in [0.1, 0.15) is 47.4 Å². The van der Waals surface area contributed by atoms with Crippen molar-refractivity contribution in [3.8, 4) is 23.6 Å². The molecule has 0 bridgehead atoms. The lowest BCUT2D eigenvalue weighted by Gasteiger charge is -2.38. The maximum atomic E-state index is 15.4. The van der Waals surface area contributed by atoms with E-state index >= 15 is 4.39 Å². The highest BCUT2D eigenvalue weighted by Crippen LogP contribution is 2.45. The van der Waals surface area contributed by atoms with Crippen molar-refractivity contribution >= 4 is 109 Å². The second kappa shape index (κ2) is 49.4. The number of amides is 4. The van der Waals surface area contributed by atoms with Gasteiger partial charge < -0.3 is 35.9 Å². The molecule has 4 amide bonds. The number of ether oxygens (including phenoxy) is 3. The van der Waals surface area contributed by atoms with E-state index in [0.717, 1.165) is 68.2 Å². The second-order valence-electron chi connectivity index (χ2n) is 31.3. The smallest absolute Gasteiger partial charge is 0.418 e. The number of hydrogen-bond donors (Lipinski definition) is 7. The summed E-state index contributed by atoms with van der Waals surface area (Å²) in [6.45, 7) is 12.5. The van der Waals surface area contributed by atoms with E-state index in [1.54, 1.807) is 134 Å². The first-order chi connectivity index (χ1) is 58.9. The Morgan fingerprint density at radius 2 is 1.02 bits per heavy atom. The van der Waals surface area contributed by atoms with E-state index in [9.17, 15) is 47.3 Å². The first-order valence-corrected chi connectivity index (χ1v) is 43.5. The highest BCUT2D eigenvalue weighted by molar-refractivity contribution is 7.84. The topological polar surface area (TPSA) is 335 Å². The van der Waals surface area contributed by atoms with Crippen LogP contribution in [0.3, 0.4) is 0 Å². The number of anilines is 4. The van der Waals surface area contributed by atoms with E-state index in [4.69, 9.17) is 50.0 Å². The van der Waals surface area contributed by atoms with Crippen molar-refractivity contribution in [1.29, 1.82) is 10.5 Å². The van der Waals surface area contributed by atoms with Gasteiger partial charge in [-0.2, -0.15) is 10.5 Å². The minimum atomic E-state index is -1.53. The van der Waals surface area contributed by atoms with Crippen molar-refractivity contribution in [2.45, 2.75) is 173 Å². The molecule has 0 radical (unpaired) electrons. The number of nitrogens with two attached hydrogens (primary N) is 1. The van der Waals surface area contributed by atoms with Gasteiger partial charge in [-0.25, -0.2) is 51.0 Å². The average Bonchev–Trinajstić information content (AvgIpc) is 1.75. The van der Waals surface area contributed by atoms with Crippen LogP contribution in [0.5, 0.6) is 11.5 Å². The fourth-order valence-corrected chi connectivity index (χ4v) is 15.1. The lowest BCUT2D eigenvalue weighted by atomic mass is 9.79. The summed E-state index contributed by atoms with van der Waals surface area (Å²) in [6, 6.07) is 65.9. The quantitative estimate of drug-likeness (QED) is 0.0293. The molecular weight excluding hydrogens is 1690 g/mol. The van der Waals surface area contributed by atoms with Gasteiger partial charge in [-0.05, 0) is 248 Å². The molecule has 2 saturated carbocycles. The van der Waals surface area contributed by atoms with Crippen molar-refractivity contribution in [2.24, 2.45) is 11.8 Å². The standard InChI is InChI=1S/C36H41FN4O4S.C28H35FN4O2S.C12H9ClN2O2.C7H5ClO2.C5H5ClN2.C5H5N.2CH4/c1-35(2,3)46(44)40-36(19-18-25-14-15-25,28-12-7-11-27(21-28)23-38)29-16-17-30(37)31(22-29)39-33(42)32-13-8-20-41(32)34(43)45-24-26-9-5-4-6-10-26;1-27(2,3)36(35)33-28(14-13-19-9-10-19,21-7-4-6-20(16-21)18-30)22-11-12-23(29)25(17-22)32-26(34)24-8-5-15-31-24;13-9-6-7-11(14-8-9)15-12(16)17-10-4-2-1-3-5-10;8-7(9)10-6-4-2-1-3-5-6;6-4-1-2-5(7)8-3-4;1-2-4-6-5-3-1;;/h4-7,9-12,16-17,21-22,25,32,40H,8,13-15,18-20,24H2,1-3H3,(H,39,42);4,6-7,11-12,16-17,19,24,31,33H,5,8-10,13-15H2,1-3H3,(H,32,34);1-8H,(H,14,15,16);1-5H;1-3H,(H2,7,8);1-5H;2*1H4/t32-,36?,46-;24-,28?,36-;;;;;;/m11....../s1. The number of carbonyl (C=O) groups excluding carboxylic acids is 5. The fourth-order valence-electron chi connectivity index (χ4n) is 12.9. The molecule has 2 aliphatic heterocycles. The molecule has 5 heterocycles. The van der Waals surface area contributed by atoms with Crippen LogP contribution in [0.25, 0.3) is 0 Å². The number of rotatable bonds is 23. The summed E-state index contributed by atoms with van der Waals surface area (Å²) in [5, 5.41) is 31.5. The van der Waals surface area contributed by atoms with Crippen molar-refractivity contribution in [2.75, 3.05) is 34.8 Å². The summed E-state index contributed by atoms with van der Waals surface area (Å²) >= 11 is 16.1. The molecule has 2 aliphatic carbocycles. The molecule has 8 N–H and O–H groups in total. The normalized spacial score (nSPS) is 15.6. The van der Waals surface area contributed by atoms with Gasteiger partial charge in [0.25, 0.3) is 0 Å². The molecular formula is C95H108Cl3F2N13O10S2. The number of nitrogen functional groups attached to an aromatic ring is 1. The van der Waals surface area contributed by atoms with E-state index in [0.29, 0.717) is 106 Å². The molecule has 660 valence electrons. The third-order valence-corrected chi connectivity index (χ3v) is 23.7. The summed E-state index contributed by atoms with van der Waals surface area (Å²) in [5.74, 6) is 1.03. The predicted molar refractivity (Wildman–Crippen MR) is 492 cm³/mol. The molecule has 6 atom stereocenters. The van der Waals surface area contributed by atoms with Gasteiger partial charge in [0.2, 0.25) is 11.8 Å². The number of benzene rings is 7. The van der Waals surface area contributed by atoms with Crippen molar-refractivity contribution < 1.29 is 55.4 Å². The first kappa shape index (κ1) is 101. The lowest BCUT2D eigenvalue weighted by Crippen LogP contribution is -2.49. The van der Waals surface area contributed by atoms with E-state index in [1.165, 1.54) is 29.4 Å². The molecule has 0 spiro atoms. The Kier molecular flexibility index (Phi) is 39.8. The van der Waals surface area contributed by atoms with Gasteiger partial charge in [-0.15, -0.1) is 0 Å².